The van der Waals surface area contributed by atoms with Gasteiger partial charge in [-0.3, -0.25) is 4.79 Å². The van der Waals surface area contributed by atoms with E-state index in [1.807, 2.05) is 26.0 Å². The first kappa shape index (κ1) is 21.2. The molecule has 8 nitrogen and oxygen atoms in total. The summed E-state index contributed by atoms with van der Waals surface area (Å²) in [5.41, 5.74) is 4.28. The van der Waals surface area contributed by atoms with E-state index in [0.29, 0.717) is 28.6 Å². The van der Waals surface area contributed by atoms with Crippen LogP contribution in [0.15, 0.2) is 40.9 Å². The van der Waals surface area contributed by atoms with Crippen molar-refractivity contribution in [3.63, 3.8) is 0 Å². The van der Waals surface area contributed by atoms with E-state index in [1.165, 1.54) is 11.1 Å². The summed E-state index contributed by atoms with van der Waals surface area (Å²) in [6.45, 7) is 3.32. The number of nitrogens with one attached hydrogen (secondary N) is 1. The van der Waals surface area contributed by atoms with Gasteiger partial charge in [0, 0.05) is 22.6 Å². The van der Waals surface area contributed by atoms with Crippen molar-refractivity contribution in [3.05, 3.63) is 53.1 Å². The lowest BCUT2D eigenvalue weighted by Gasteiger charge is -2.13. The van der Waals surface area contributed by atoms with Gasteiger partial charge >= 0.3 is 0 Å². The molecule has 1 heterocycles. The Labute approximate surface area is 191 Å². The molecule has 33 heavy (non-hydrogen) atoms. The second-order valence-corrected chi connectivity index (χ2v) is 8.88. The van der Waals surface area contributed by atoms with Crippen LogP contribution in [0.3, 0.4) is 0 Å². The van der Waals surface area contributed by atoms with E-state index in [1.54, 1.807) is 18.2 Å². The summed E-state index contributed by atoms with van der Waals surface area (Å²) >= 11 is 0. The van der Waals surface area contributed by atoms with Crippen LogP contribution in [0.2, 0.25) is 0 Å². The maximum atomic E-state index is 11.6. The minimum atomic E-state index is -0.497. The zero-order chi connectivity index (χ0) is 23.2. The molecule has 2 aliphatic rings. The van der Waals surface area contributed by atoms with Crippen molar-refractivity contribution in [3.8, 4) is 34.7 Å². The third-order valence-corrected chi connectivity index (χ3v) is 6.46. The number of amides is 1. The summed E-state index contributed by atoms with van der Waals surface area (Å²) in [4.78, 5) is 16.3. The van der Waals surface area contributed by atoms with Crippen LogP contribution in [-0.4, -0.2) is 39.9 Å². The van der Waals surface area contributed by atoms with Crippen LogP contribution in [-0.2, 0) is 16.6 Å². The average Bonchev–Trinajstić information content (AvgIpc) is 3.13. The summed E-state index contributed by atoms with van der Waals surface area (Å²) in [6.07, 6.45) is 2.63. The second-order valence-electron chi connectivity index (χ2n) is 8.88. The minimum absolute atomic E-state index is 0.0375. The van der Waals surface area contributed by atoms with Gasteiger partial charge in [-0.1, -0.05) is 23.4 Å². The molecule has 2 unspecified atom stereocenters. The second kappa shape index (κ2) is 8.01. The van der Waals surface area contributed by atoms with Crippen LogP contribution < -0.4 is 10.1 Å². The van der Waals surface area contributed by atoms with Gasteiger partial charge in [-0.05, 0) is 62.4 Å². The number of hydrogen-bond donors (Lipinski definition) is 2. The summed E-state index contributed by atoms with van der Waals surface area (Å²) in [7, 11) is 0. The number of benzene rings is 2. The Hall–Kier alpha value is -3.70. The van der Waals surface area contributed by atoms with E-state index in [-0.39, 0.29) is 23.5 Å². The zero-order valence-corrected chi connectivity index (χ0v) is 18.5. The van der Waals surface area contributed by atoms with E-state index in [9.17, 15) is 10.1 Å². The molecule has 8 heteroatoms. The molecule has 2 aliphatic carbocycles. The number of carbonyl (C=O) groups is 1. The number of aliphatic hydroxyl groups is 1. The number of nitriles is 1. The van der Waals surface area contributed by atoms with E-state index < -0.39 is 6.61 Å². The smallest absolute Gasteiger partial charge is 0.258 e. The largest absolute Gasteiger partial charge is 0.490 e. The molecule has 3 aromatic rings. The normalized spacial score (nSPS) is 20.5. The first-order valence-electron chi connectivity index (χ1n) is 11.0. The van der Waals surface area contributed by atoms with Gasteiger partial charge < -0.3 is 19.7 Å². The molecule has 168 valence electrons. The quantitative estimate of drug-likeness (QED) is 0.599. The number of aromatic nitrogens is 2. The lowest BCUT2D eigenvalue weighted by molar-refractivity contribution is -0.124. The Morgan fingerprint density at radius 3 is 3.00 bits per heavy atom. The van der Waals surface area contributed by atoms with Crippen molar-refractivity contribution < 1.29 is 19.2 Å². The molecule has 2 aromatic carbocycles. The van der Waals surface area contributed by atoms with Gasteiger partial charge in [0.25, 0.3) is 5.89 Å². The van der Waals surface area contributed by atoms with Gasteiger partial charge in [-0.15, -0.1) is 0 Å². The fourth-order valence-electron chi connectivity index (χ4n) is 4.88. The first-order chi connectivity index (χ1) is 15.9. The zero-order valence-electron chi connectivity index (χ0n) is 18.5. The number of rotatable bonds is 6. The highest BCUT2D eigenvalue weighted by atomic mass is 16.5. The van der Waals surface area contributed by atoms with Crippen molar-refractivity contribution in [2.24, 2.45) is 0 Å². The molecule has 1 saturated carbocycles. The predicted molar refractivity (Wildman–Crippen MR) is 119 cm³/mol. The first-order valence-corrected chi connectivity index (χ1v) is 11.0. The molecule has 5 rings (SSSR count). The van der Waals surface area contributed by atoms with E-state index in [4.69, 9.17) is 14.4 Å². The van der Waals surface area contributed by atoms with Crippen LogP contribution in [0.4, 0.5) is 0 Å². The Balaban J connectivity index is 1.43. The molecule has 2 atom stereocenters. The van der Waals surface area contributed by atoms with Crippen molar-refractivity contribution in [2.45, 2.75) is 50.7 Å². The number of carbonyl (C=O) groups excluding carboxylic acids is 1. The highest BCUT2D eigenvalue weighted by molar-refractivity contribution is 5.78. The van der Waals surface area contributed by atoms with Crippen molar-refractivity contribution in [2.75, 3.05) is 6.61 Å². The van der Waals surface area contributed by atoms with Gasteiger partial charge in [0.1, 0.15) is 18.4 Å². The third-order valence-electron chi connectivity index (χ3n) is 6.46. The summed E-state index contributed by atoms with van der Waals surface area (Å²) in [6, 6.07) is 13.5. The number of aliphatic hydroxyl groups excluding tert-OH is 1. The molecule has 0 saturated heterocycles. The molecule has 2 N–H and O–H groups in total. The Bertz CT molecular complexity index is 1280. The minimum Gasteiger partial charge on any atom is -0.490 e. The molecule has 0 radical (unpaired) electrons. The molecule has 1 aromatic heterocycles. The van der Waals surface area contributed by atoms with Gasteiger partial charge in [-0.25, -0.2) is 0 Å². The fraction of sp³-hybridized carbons (Fsp3) is 0.360. The lowest BCUT2D eigenvalue weighted by atomic mass is 9.95. The topological polar surface area (TPSA) is 121 Å². The fourth-order valence-corrected chi connectivity index (χ4v) is 4.88. The van der Waals surface area contributed by atoms with E-state index >= 15 is 0 Å². The monoisotopic (exact) mass is 444 g/mol. The average molecular weight is 444 g/mol. The standard InChI is InChI=1S/C25H24N4O4/c1-14(2)32-20-7-6-15(10-16(20)12-26)24-28-23(29-33-24)18-4-3-5-19-17(18)8-9-25(19)11-21(25)27-22(31)13-30/h3-7,10,14,21,30H,8-9,11,13H2,1-2H3,(H,27,31). The predicted octanol–water partition coefficient (Wildman–Crippen LogP) is 3.13. The summed E-state index contributed by atoms with van der Waals surface area (Å²) in [5, 5.41) is 25.7. The van der Waals surface area contributed by atoms with Crippen LogP contribution in [0.25, 0.3) is 22.8 Å². The van der Waals surface area contributed by atoms with Crippen LogP contribution >= 0.6 is 0 Å². The van der Waals surface area contributed by atoms with E-state index in [2.05, 4.69) is 27.6 Å². The van der Waals surface area contributed by atoms with Crippen LogP contribution in [0, 0.1) is 11.3 Å². The van der Waals surface area contributed by atoms with Crippen LogP contribution in [0.5, 0.6) is 5.75 Å². The molecule has 1 amide bonds. The number of fused-ring (bicyclic) bond motifs is 2. The number of hydrogen-bond acceptors (Lipinski definition) is 7. The van der Waals surface area contributed by atoms with Gasteiger partial charge in [0.15, 0.2) is 0 Å². The van der Waals surface area contributed by atoms with Gasteiger partial charge in [-0.2, -0.15) is 10.2 Å². The molecular formula is C25H24N4O4. The lowest BCUT2D eigenvalue weighted by Crippen LogP contribution is -2.32. The molecule has 0 bridgehead atoms. The molecule has 1 spiro atoms. The maximum absolute atomic E-state index is 11.6. The van der Waals surface area contributed by atoms with E-state index in [0.717, 1.165) is 24.8 Å². The molecule has 1 fully saturated rings. The molecular weight excluding hydrogens is 420 g/mol. The third kappa shape index (κ3) is 3.64. The Kier molecular flexibility index (Phi) is 5.14. The Morgan fingerprint density at radius 1 is 1.39 bits per heavy atom. The van der Waals surface area contributed by atoms with Crippen molar-refractivity contribution >= 4 is 5.91 Å². The highest BCUT2D eigenvalue weighted by Crippen LogP contribution is 2.58. The van der Waals surface area contributed by atoms with Crippen molar-refractivity contribution in [1.29, 1.82) is 5.26 Å². The molecule has 0 aliphatic heterocycles. The summed E-state index contributed by atoms with van der Waals surface area (Å²) in [5.74, 6) is 1.01. The SMILES string of the molecule is CC(C)Oc1ccc(-c2nc(-c3cccc4c3CCC43CC3NC(=O)CO)no2)cc1C#N. The number of ether oxygens (including phenoxy) is 1. The number of nitrogens with zero attached hydrogens (tertiary/aromatic N) is 3. The summed E-state index contributed by atoms with van der Waals surface area (Å²) < 4.78 is 11.2. The van der Waals surface area contributed by atoms with Gasteiger partial charge in [0.2, 0.25) is 11.7 Å². The van der Waals surface area contributed by atoms with Gasteiger partial charge in [0.05, 0.1) is 11.7 Å². The maximum Gasteiger partial charge on any atom is 0.258 e. The van der Waals surface area contributed by atoms with Crippen molar-refractivity contribution in [1.82, 2.24) is 15.5 Å². The Morgan fingerprint density at radius 2 is 2.24 bits per heavy atom. The highest BCUT2D eigenvalue weighted by Gasteiger charge is 2.59. The van der Waals surface area contributed by atoms with Crippen LogP contribution in [0.1, 0.15) is 43.4 Å².